The first-order valence-corrected chi connectivity index (χ1v) is 13.0. The maximum absolute atomic E-state index is 12.8. The van der Waals surface area contributed by atoms with Crippen LogP contribution in [-0.4, -0.2) is 44.9 Å². The normalized spacial score (nSPS) is 16.0. The Balaban J connectivity index is 1.42. The lowest BCUT2D eigenvalue weighted by molar-refractivity contribution is -0.895. The molecule has 1 aliphatic heterocycles. The fourth-order valence-electron chi connectivity index (χ4n) is 4.79. The van der Waals surface area contributed by atoms with Crippen LogP contribution in [0.2, 0.25) is 0 Å². The third-order valence-corrected chi connectivity index (χ3v) is 6.62. The minimum atomic E-state index is -0.545. The van der Waals surface area contributed by atoms with Gasteiger partial charge in [-0.1, -0.05) is 19.4 Å². The first-order chi connectivity index (χ1) is 17.7. The van der Waals surface area contributed by atoms with E-state index in [1.54, 1.807) is 11.1 Å². The maximum atomic E-state index is 12.8. The molecule has 8 nitrogen and oxygen atoms in total. The second-order valence-corrected chi connectivity index (χ2v) is 10.7. The molecule has 0 saturated carbocycles. The summed E-state index contributed by atoms with van der Waals surface area (Å²) in [6.45, 7) is 9.09. The van der Waals surface area contributed by atoms with Gasteiger partial charge in [-0.25, -0.2) is 9.78 Å². The van der Waals surface area contributed by atoms with Crippen LogP contribution in [0, 0.1) is 0 Å². The van der Waals surface area contributed by atoms with Gasteiger partial charge in [-0.05, 0) is 75.8 Å². The second kappa shape index (κ2) is 9.92. The van der Waals surface area contributed by atoms with Crippen molar-refractivity contribution in [1.29, 1.82) is 0 Å². The van der Waals surface area contributed by atoms with E-state index in [1.165, 1.54) is 0 Å². The number of ether oxygens (including phenoxy) is 2. The number of benzene rings is 2. The van der Waals surface area contributed by atoms with Crippen molar-refractivity contribution in [2.24, 2.45) is 0 Å². The maximum Gasteiger partial charge on any atom is 0.410 e. The van der Waals surface area contributed by atoms with Gasteiger partial charge in [-0.3, -0.25) is 10.1 Å². The summed E-state index contributed by atoms with van der Waals surface area (Å²) in [5, 5.41) is 12.7. The Hall–Kier alpha value is -3.81. The van der Waals surface area contributed by atoms with Gasteiger partial charge in [0.05, 0.1) is 34.6 Å². The molecule has 1 atom stereocenters. The molecule has 2 aromatic heterocycles. The van der Waals surface area contributed by atoms with E-state index in [-0.39, 0.29) is 12.1 Å². The minimum Gasteiger partial charge on any atom is -0.494 e. The second-order valence-electron chi connectivity index (χ2n) is 10.7. The molecule has 1 amide bonds. The summed E-state index contributed by atoms with van der Waals surface area (Å²) in [7, 11) is 0. The molecule has 194 valence electrons. The minimum absolute atomic E-state index is 0.150. The Morgan fingerprint density at radius 1 is 1.19 bits per heavy atom. The monoisotopic (exact) mass is 503 g/mol. The number of aromatic amines is 1. The zero-order valence-electron chi connectivity index (χ0n) is 22.0. The van der Waals surface area contributed by atoms with Gasteiger partial charge >= 0.3 is 6.09 Å². The number of nitrogens with one attached hydrogen (secondary N) is 1. The molecular formula is C29H35N4O4+. The van der Waals surface area contributed by atoms with E-state index < -0.39 is 5.60 Å². The fraction of sp³-hybridized carbons (Fsp3) is 0.414. The number of rotatable bonds is 6. The van der Waals surface area contributed by atoms with E-state index in [2.05, 4.69) is 11.9 Å². The van der Waals surface area contributed by atoms with Crippen molar-refractivity contribution in [2.75, 3.05) is 13.2 Å². The van der Waals surface area contributed by atoms with Crippen molar-refractivity contribution >= 4 is 27.9 Å². The quantitative estimate of drug-likeness (QED) is 0.187. The number of amides is 1. The molecule has 0 bridgehead atoms. The number of likely N-dealkylation sites (tertiary alicyclic amines) is 1. The largest absolute Gasteiger partial charge is 0.494 e. The molecule has 1 fully saturated rings. The van der Waals surface area contributed by atoms with Crippen LogP contribution in [0.5, 0.6) is 5.75 Å². The van der Waals surface area contributed by atoms with Crippen molar-refractivity contribution in [2.45, 2.75) is 65.0 Å². The van der Waals surface area contributed by atoms with Crippen LogP contribution < -0.4 is 9.47 Å². The van der Waals surface area contributed by atoms with Gasteiger partial charge in [0.1, 0.15) is 17.2 Å². The van der Waals surface area contributed by atoms with E-state index in [0.717, 1.165) is 69.4 Å². The number of pyridine rings is 1. The molecular weight excluding hydrogens is 468 g/mol. The summed E-state index contributed by atoms with van der Waals surface area (Å²) in [6, 6.07) is 13.6. The van der Waals surface area contributed by atoms with Gasteiger partial charge in [-0.2, -0.15) is 0 Å². The molecule has 2 aromatic carbocycles. The van der Waals surface area contributed by atoms with Crippen molar-refractivity contribution < 1.29 is 24.2 Å². The van der Waals surface area contributed by atoms with Gasteiger partial charge < -0.3 is 14.5 Å². The van der Waals surface area contributed by atoms with Crippen LogP contribution in [0.15, 0.2) is 48.7 Å². The summed E-state index contributed by atoms with van der Waals surface area (Å²) in [6.07, 6.45) is 5.22. The Kier molecular flexibility index (Phi) is 6.67. The number of fused-ring (bicyclic) bond motifs is 2. The topological polar surface area (TPSA) is 91.6 Å². The van der Waals surface area contributed by atoms with Gasteiger partial charge in [-0.15, -0.1) is 0 Å². The summed E-state index contributed by atoms with van der Waals surface area (Å²) in [4.78, 5) is 22.7. The van der Waals surface area contributed by atoms with E-state index in [0.29, 0.717) is 18.8 Å². The zero-order chi connectivity index (χ0) is 26.2. The van der Waals surface area contributed by atoms with Crippen molar-refractivity contribution in [1.82, 2.24) is 14.9 Å². The molecule has 0 aliphatic carbocycles. The van der Waals surface area contributed by atoms with Crippen LogP contribution in [-0.2, 0) is 4.74 Å². The van der Waals surface area contributed by atoms with Crippen LogP contribution in [0.25, 0.3) is 33.1 Å². The fourth-order valence-corrected chi connectivity index (χ4v) is 4.79. The number of nitrogens with zero attached hydrogens (tertiary/aromatic N) is 3. The van der Waals surface area contributed by atoms with Crippen molar-refractivity contribution in [3.63, 3.8) is 0 Å². The molecule has 37 heavy (non-hydrogen) atoms. The third kappa shape index (κ3) is 5.33. The van der Waals surface area contributed by atoms with Gasteiger partial charge in [0.2, 0.25) is 6.20 Å². The lowest BCUT2D eigenvalue weighted by Crippen LogP contribution is -2.36. The molecule has 1 aliphatic rings. The Labute approximate surface area is 216 Å². The Morgan fingerprint density at radius 3 is 2.81 bits per heavy atom. The summed E-state index contributed by atoms with van der Waals surface area (Å²) in [5.74, 6) is 1.55. The van der Waals surface area contributed by atoms with E-state index in [9.17, 15) is 10.0 Å². The van der Waals surface area contributed by atoms with Gasteiger partial charge in [0.15, 0.2) is 0 Å². The standard InChI is InChI=1S/C29H34N4O4/c1-5-6-14-36-22-11-9-19-17-26(33(35)18-21(19)15-22)20-10-12-23-24(16-20)31-27(30-23)25-8-7-13-32(25)28(34)37-29(2,3)4/h9-12,15-18,25,35H,5-8,13-14H2,1-4H3/p+1/t25-/m0/s1. The highest BCUT2D eigenvalue weighted by Gasteiger charge is 2.35. The molecule has 1 saturated heterocycles. The summed E-state index contributed by atoms with van der Waals surface area (Å²) >= 11 is 0. The molecule has 2 N–H and O–H groups in total. The Morgan fingerprint density at radius 2 is 2.03 bits per heavy atom. The molecule has 3 heterocycles. The van der Waals surface area contributed by atoms with Crippen molar-refractivity contribution in [3.05, 3.63) is 54.5 Å². The van der Waals surface area contributed by atoms with E-state index in [1.807, 2.05) is 63.2 Å². The number of hydrogen-bond donors (Lipinski definition) is 2. The van der Waals surface area contributed by atoms with E-state index >= 15 is 0 Å². The summed E-state index contributed by atoms with van der Waals surface area (Å²) < 4.78 is 12.6. The van der Waals surface area contributed by atoms with E-state index in [4.69, 9.17) is 14.5 Å². The highest BCUT2D eigenvalue weighted by Crippen LogP contribution is 2.33. The summed E-state index contributed by atoms with van der Waals surface area (Å²) in [5.41, 5.74) is 2.64. The highest BCUT2D eigenvalue weighted by molar-refractivity contribution is 5.87. The number of aromatic nitrogens is 3. The van der Waals surface area contributed by atoms with Gasteiger partial charge in [0, 0.05) is 17.3 Å². The Bertz CT molecular complexity index is 1440. The number of carbonyl (C=O) groups excluding carboxylic acids is 1. The molecule has 0 unspecified atom stereocenters. The first-order valence-electron chi connectivity index (χ1n) is 13.0. The van der Waals surface area contributed by atoms with Crippen LogP contribution in [0.1, 0.15) is 65.2 Å². The predicted octanol–water partition coefficient (Wildman–Crippen LogP) is 6.16. The molecule has 8 heteroatoms. The zero-order valence-corrected chi connectivity index (χ0v) is 22.0. The average Bonchev–Trinajstić information content (AvgIpc) is 3.49. The molecule has 0 spiro atoms. The SMILES string of the molecule is CCCCOc1ccc2cc(-c3ccc4nc([C@@H]5CCCN5C(=O)OC(C)(C)C)[nH]c4c3)[n+](O)cc2c1. The van der Waals surface area contributed by atoms with Gasteiger partial charge in [0.25, 0.3) is 5.69 Å². The van der Waals surface area contributed by atoms with Crippen LogP contribution >= 0.6 is 0 Å². The predicted molar refractivity (Wildman–Crippen MR) is 142 cm³/mol. The molecule has 4 aromatic rings. The first kappa shape index (κ1) is 24.9. The average molecular weight is 504 g/mol. The number of unbranched alkanes of at least 4 members (excludes halogenated alkanes) is 1. The van der Waals surface area contributed by atoms with Crippen molar-refractivity contribution in [3.8, 4) is 17.0 Å². The lowest BCUT2D eigenvalue weighted by atomic mass is 10.1. The molecule has 5 rings (SSSR count). The smallest absolute Gasteiger partial charge is 0.410 e. The van der Waals surface area contributed by atoms with Crippen LogP contribution in [0.4, 0.5) is 4.79 Å². The number of imidazole rings is 1. The number of hydrogen-bond acceptors (Lipinski definition) is 5. The third-order valence-electron chi connectivity index (χ3n) is 6.62. The lowest BCUT2D eigenvalue weighted by Gasteiger charge is -2.27. The highest BCUT2D eigenvalue weighted by atomic mass is 16.6. The number of H-pyrrole nitrogens is 1. The molecule has 0 radical (unpaired) electrons. The van der Waals surface area contributed by atoms with Crippen LogP contribution in [0.3, 0.4) is 0 Å². The number of carbonyl (C=O) groups is 1.